The highest BCUT2D eigenvalue weighted by molar-refractivity contribution is 7.07. The molecule has 2 aromatic rings. The Morgan fingerprint density at radius 3 is 2.55 bits per heavy atom. The Hall–Kier alpha value is -1.88. The fourth-order valence-corrected chi connectivity index (χ4v) is 3.52. The third-order valence-corrected chi connectivity index (χ3v) is 4.64. The summed E-state index contributed by atoms with van der Waals surface area (Å²) in [6.45, 7) is 2.83. The molecule has 0 unspecified atom stereocenters. The van der Waals surface area contributed by atoms with Gasteiger partial charge in [0, 0.05) is 23.2 Å². The third-order valence-electron chi connectivity index (χ3n) is 3.79. The molecule has 0 spiro atoms. The van der Waals surface area contributed by atoms with Gasteiger partial charge < -0.3 is 4.74 Å². The van der Waals surface area contributed by atoms with E-state index in [4.69, 9.17) is 9.84 Å². The molecule has 1 aromatic carbocycles. The zero-order valence-corrected chi connectivity index (χ0v) is 13.9. The number of thiazole rings is 1. The van der Waals surface area contributed by atoms with E-state index in [9.17, 15) is 0 Å². The Labute approximate surface area is 134 Å². The summed E-state index contributed by atoms with van der Waals surface area (Å²) in [7, 11) is 1.68. The summed E-state index contributed by atoms with van der Waals surface area (Å²) >= 11 is 1.65. The van der Waals surface area contributed by atoms with Crippen LogP contribution in [-0.2, 0) is 0 Å². The molecule has 0 saturated heterocycles. The second kappa shape index (κ2) is 6.92. The number of methoxy groups -OCH3 is 1. The van der Waals surface area contributed by atoms with Gasteiger partial charge >= 0.3 is 0 Å². The molecular formula is C17H21N3OS. The van der Waals surface area contributed by atoms with E-state index < -0.39 is 0 Å². The molecule has 0 aliphatic heterocycles. The minimum Gasteiger partial charge on any atom is -0.497 e. The number of hydrogen-bond acceptors (Lipinski definition) is 4. The topological polar surface area (TPSA) is 38.9 Å². The molecule has 22 heavy (non-hydrogen) atoms. The highest BCUT2D eigenvalue weighted by atomic mass is 32.1. The van der Waals surface area contributed by atoms with E-state index in [0.29, 0.717) is 0 Å². The van der Waals surface area contributed by atoms with Crippen molar-refractivity contribution in [2.24, 2.45) is 10.1 Å². The van der Waals surface area contributed by atoms with E-state index in [1.165, 1.54) is 18.6 Å². The van der Waals surface area contributed by atoms with Gasteiger partial charge in [-0.25, -0.2) is 4.68 Å². The van der Waals surface area contributed by atoms with Gasteiger partial charge in [0.15, 0.2) is 0 Å². The average Bonchev–Trinajstić information content (AvgIpc) is 3.19. The predicted octanol–water partition coefficient (Wildman–Crippen LogP) is 3.92. The molecule has 1 saturated carbocycles. The van der Waals surface area contributed by atoms with Crippen LogP contribution in [0.5, 0.6) is 5.75 Å². The molecule has 116 valence electrons. The Bertz CT molecular complexity index is 717. The van der Waals surface area contributed by atoms with E-state index in [-0.39, 0.29) is 0 Å². The average molecular weight is 315 g/mol. The molecule has 1 heterocycles. The highest BCUT2D eigenvalue weighted by Crippen LogP contribution is 2.24. The SMILES string of the molecule is CCN=c1scc(-c2ccc(OC)cc2)n1N=C1CCCC1. The van der Waals surface area contributed by atoms with Crippen molar-refractivity contribution in [2.45, 2.75) is 32.6 Å². The molecule has 1 aliphatic carbocycles. The predicted molar refractivity (Wildman–Crippen MR) is 91.7 cm³/mol. The first-order valence-corrected chi connectivity index (χ1v) is 8.62. The van der Waals surface area contributed by atoms with Gasteiger partial charge in [-0.2, -0.15) is 5.10 Å². The van der Waals surface area contributed by atoms with Crippen LogP contribution in [0.2, 0.25) is 0 Å². The van der Waals surface area contributed by atoms with Crippen LogP contribution < -0.4 is 9.54 Å². The Morgan fingerprint density at radius 2 is 1.91 bits per heavy atom. The van der Waals surface area contributed by atoms with Crippen molar-refractivity contribution in [2.75, 3.05) is 13.7 Å². The summed E-state index contributed by atoms with van der Waals surface area (Å²) in [6, 6.07) is 8.11. The van der Waals surface area contributed by atoms with E-state index in [1.807, 2.05) is 16.8 Å². The molecule has 0 amide bonds. The molecule has 0 bridgehead atoms. The van der Waals surface area contributed by atoms with Gasteiger partial charge in [0.05, 0.1) is 12.8 Å². The summed E-state index contributed by atoms with van der Waals surface area (Å²) in [5, 5.41) is 7.01. The fraction of sp³-hybridized carbons (Fsp3) is 0.412. The summed E-state index contributed by atoms with van der Waals surface area (Å²) in [5.74, 6) is 0.867. The zero-order valence-electron chi connectivity index (χ0n) is 13.1. The lowest BCUT2D eigenvalue weighted by molar-refractivity contribution is 0.415. The summed E-state index contributed by atoms with van der Waals surface area (Å²) in [6.07, 6.45) is 4.72. The molecular weight excluding hydrogens is 294 g/mol. The fourth-order valence-electron chi connectivity index (χ4n) is 2.62. The summed E-state index contributed by atoms with van der Waals surface area (Å²) in [5.41, 5.74) is 3.52. The van der Waals surface area contributed by atoms with Gasteiger partial charge in [-0.05, 0) is 56.9 Å². The van der Waals surface area contributed by atoms with Crippen molar-refractivity contribution >= 4 is 17.0 Å². The highest BCUT2D eigenvalue weighted by Gasteiger charge is 2.12. The minimum absolute atomic E-state index is 0.771. The third kappa shape index (κ3) is 3.14. The lowest BCUT2D eigenvalue weighted by Crippen LogP contribution is -2.14. The maximum Gasteiger partial charge on any atom is 0.206 e. The molecule has 1 aliphatic rings. The van der Waals surface area contributed by atoms with Crippen LogP contribution in [0.3, 0.4) is 0 Å². The Kier molecular flexibility index (Phi) is 4.73. The second-order valence-corrected chi connectivity index (χ2v) is 6.13. The first-order valence-electron chi connectivity index (χ1n) is 7.74. The lowest BCUT2D eigenvalue weighted by Gasteiger charge is -2.06. The molecule has 0 radical (unpaired) electrons. The van der Waals surface area contributed by atoms with Crippen LogP contribution in [0.25, 0.3) is 11.3 Å². The molecule has 1 aromatic heterocycles. The smallest absolute Gasteiger partial charge is 0.206 e. The Morgan fingerprint density at radius 1 is 1.18 bits per heavy atom. The molecule has 0 atom stereocenters. The molecule has 0 N–H and O–H groups in total. The van der Waals surface area contributed by atoms with Crippen molar-refractivity contribution in [1.29, 1.82) is 0 Å². The molecule has 5 heteroatoms. The van der Waals surface area contributed by atoms with E-state index >= 15 is 0 Å². The zero-order chi connectivity index (χ0) is 15.4. The van der Waals surface area contributed by atoms with Gasteiger partial charge in [-0.15, -0.1) is 11.3 Å². The number of rotatable bonds is 4. The van der Waals surface area contributed by atoms with E-state index in [0.717, 1.165) is 41.2 Å². The van der Waals surface area contributed by atoms with E-state index in [2.05, 4.69) is 29.4 Å². The van der Waals surface area contributed by atoms with Gasteiger partial charge in [-0.1, -0.05) is 0 Å². The van der Waals surface area contributed by atoms with Gasteiger partial charge in [0.25, 0.3) is 0 Å². The number of nitrogens with zero attached hydrogens (tertiary/aromatic N) is 3. The minimum atomic E-state index is 0.771. The van der Waals surface area contributed by atoms with Crippen LogP contribution in [0, 0.1) is 0 Å². The van der Waals surface area contributed by atoms with E-state index in [1.54, 1.807) is 18.4 Å². The number of benzene rings is 1. The molecule has 3 rings (SSSR count). The van der Waals surface area contributed by atoms with Gasteiger partial charge in [0.1, 0.15) is 5.75 Å². The maximum atomic E-state index is 5.24. The first-order chi connectivity index (χ1) is 10.8. The second-order valence-electron chi connectivity index (χ2n) is 5.29. The number of aromatic nitrogens is 1. The van der Waals surface area contributed by atoms with Gasteiger partial charge in [-0.3, -0.25) is 4.99 Å². The molecule has 1 fully saturated rings. The van der Waals surface area contributed by atoms with Crippen molar-refractivity contribution < 1.29 is 4.74 Å². The number of hydrogen-bond donors (Lipinski definition) is 0. The van der Waals surface area contributed by atoms with Crippen molar-refractivity contribution in [3.05, 3.63) is 34.4 Å². The quantitative estimate of drug-likeness (QED) is 0.842. The van der Waals surface area contributed by atoms with Crippen molar-refractivity contribution in [3.8, 4) is 17.0 Å². The summed E-state index contributed by atoms with van der Waals surface area (Å²) in [4.78, 5) is 5.54. The van der Waals surface area contributed by atoms with Crippen LogP contribution in [-0.4, -0.2) is 24.0 Å². The number of ether oxygens (including phenoxy) is 1. The van der Waals surface area contributed by atoms with Crippen LogP contribution in [0.15, 0.2) is 39.7 Å². The summed E-state index contributed by atoms with van der Waals surface area (Å²) < 4.78 is 7.25. The molecule has 4 nitrogen and oxygen atoms in total. The Balaban J connectivity index is 2.06. The largest absolute Gasteiger partial charge is 0.497 e. The van der Waals surface area contributed by atoms with Crippen LogP contribution in [0.4, 0.5) is 0 Å². The normalized spacial score (nSPS) is 15.4. The lowest BCUT2D eigenvalue weighted by atomic mass is 10.2. The standard InChI is InChI=1S/C17H21N3OS/c1-3-18-17-20(19-14-6-4-5-7-14)16(12-22-17)13-8-10-15(21-2)11-9-13/h8-12H,3-7H2,1-2H3. The van der Waals surface area contributed by atoms with Crippen LogP contribution >= 0.6 is 11.3 Å². The monoisotopic (exact) mass is 315 g/mol. The maximum absolute atomic E-state index is 5.24. The van der Waals surface area contributed by atoms with Crippen molar-refractivity contribution in [3.63, 3.8) is 0 Å². The first kappa shape index (κ1) is 15.0. The van der Waals surface area contributed by atoms with Crippen molar-refractivity contribution in [1.82, 2.24) is 4.68 Å². The van der Waals surface area contributed by atoms with Gasteiger partial charge in [0.2, 0.25) is 4.80 Å². The van der Waals surface area contributed by atoms with Crippen LogP contribution in [0.1, 0.15) is 32.6 Å².